The molecule has 2 aromatic rings. The number of para-hydroxylation sites is 1. The first-order valence-electron chi connectivity index (χ1n) is 6.27. The third kappa shape index (κ3) is 3.25. The van der Waals surface area contributed by atoms with Crippen LogP contribution in [0.1, 0.15) is 26.3 Å². The summed E-state index contributed by atoms with van der Waals surface area (Å²) < 4.78 is 17.7. The van der Waals surface area contributed by atoms with Crippen molar-refractivity contribution in [1.29, 1.82) is 0 Å². The predicted molar refractivity (Wildman–Crippen MR) is 76.9 cm³/mol. The quantitative estimate of drug-likeness (QED) is 0.882. The van der Waals surface area contributed by atoms with Crippen LogP contribution in [0.2, 0.25) is 0 Å². The number of methoxy groups -OCH3 is 1. The SMILES string of the molecule is COC(=O)c1ccccc1NC(=O)c1ccc(F)cc1C. The van der Waals surface area contributed by atoms with Crippen LogP contribution in [-0.4, -0.2) is 19.0 Å². The molecule has 2 aromatic carbocycles. The molecule has 0 aliphatic heterocycles. The minimum absolute atomic E-state index is 0.258. The number of hydrogen-bond donors (Lipinski definition) is 1. The third-order valence-corrected chi connectivity index (χ3v) is 3.01. The summed E-state index contributed by atoms with van der Waals surface area (Å²) in [5, 5.41) is 2.64. The van der Waals surface area contributed by atoms with Crippen molar-refractivity contribution in [3.63, 3.8) is 0 Å². The number of esters is 1. The molecular weight excluding hydrogens is 273 g/mol. The summed E-state index contributed by atoms with van der Waals surface area (Å²) in [4.78, 5) is 23.9. The molecule has 0 unspecified atom stereocenters. The molecule has 0 spiro atoms. The Balaban J connectivity index is 2.30. The van der Waals surface area contributed by atoms with Crippen LogP contribution >= 0.6 is 0 Å². The lowest BCUT2D eigenvalue weighted by molar-refractivity contribution is 0.0602. The number of nitrogens with one attached hydrogen (secondary N) is 1. The number of hydrogen-bond acceptors (Lipinski definition) is 3. The molecule has 4 nitrogen and oxygen atoms in total. The Morgan fingerprint density at radius 2 is 1.81 bits per heavy atom. The van der Waals surface area contributed by atoms with Gasteiger partial charge in [-0.2, -0.15) is 0 Å². The zero-order valence-electron chi connectivity index (χ0n) is 11.6. The summed E-state index contributed by atoms with van der Waals surface area (Å²) in [7, 11) is 1.27. The second-order valence-electron chi connectivity index (χ2n) is 4.45. The van der Waals surface area contributed by atoms with E-state index in [0.717, 1.165) is 0 Å². The lowest BCUT2D eigenvalue weighted by Crippen LogP contribution is -2.16. The highest BCUT2D eigenvalue weighted by molar-refractivity contribution is 6.08. The molecule has 1 amide bonds. The summed E-state index contributed by atoms with van der Waals surface area (Å²) in [6.07, 6.45) is 0. The average Bonchev–Trinajstić information content (AvgIpc) is 2.46. The van der Waals surface area contributed by atoms with Gasteiger partial charge in [0.05, 0.1) is 18.4 Å². The Morgan fingerprint density at radius 3 is 2.48 bits per heavy atom. The van der Waals surface area contributed by atoms with E-state index in [1.165, 1.54) is 25.3 Å². The van der Waals surface area contributed by atoms with E-state index in [1.54, 1.807) is 31.2 Å². The van der Waals surface area contributed by atoms with Gasteiger partial charge in [0.15, 0.2) is 0 Å². The Kier molecular flexibility index (Phi) is 4.33. The molecule has 0 radical (unpaired) electrons. The summed E-state index contributed by atoms with van der Waals surface area (Å²) in [6, 6.07) is 10.4. The maximum absolute atomic E-state index is 13.1. The zero-order chi connectivity index (χ0) is 15.4. The molecular formula is C16H14FNO3. The fourth-order valence-corrected chi connectivity index (χ4v) is 1.95. The molecule has 0 saturated heterocycles. The molecule has 0 aromatic heterocycles. The van der Waals surface area contributed by atoms with E-state index < -0.39 is 17.7 Å². The monoisotopic (exact) mass is 287 g/mol. The molecule has 0 bridgehead atoms. The molecule has 0 aliphatic carbocycles. The van der Waals surface area contributed by atoms with Crippen LogP contribution in [0.25, 0.3) is 0 Å². The minimum atomic E-state index is -0.540. The maximum Gasteiger partial charge on any atom is 0.339 e. The molecule has 0 saturated carbocycles. The second-order valence-corrected chi connectivity index (χ2v) is 4.45. The van der Waals surface area contributed by atoms with E-state index in [2.05, 4.69) is 10.1 Å². The summed E-state index contributed by atoms with van der Waals surface area (Å²) >= 11 is 0. The number of halogens is 1. The van der Waals surface area contributed by atoms with Gasteiger partial charge in [0.25, 0.3) is 5.91 Å². The fourth-order valence-electron chi connectivity index (χ4n) is 1.95. The molecule has 0 fully saturated rings. The highest BCUT2D eigenvalue weighted by atomic mass is 19.1. The van der Waals surface area contributed by atoms with Crippen molar-refractivity contribution >= 4 is 17.6 Å². The van der Waals surface area contributed by atoms with Crippen molar-refractivity contribution in [2.24, 2.45) is 0 Å². The normalized spacial score (nSPS) is 10.0. The average molecular weight is 287 g/mol. The van der Waals surface area contributed by atoms with Crippen LogP contribution in [0.4, 0.5) is 10.1 Å². The Hall–Kier alpha value is -2.69. The van der Waals surface area contributed by atoms with Crippen LogP contribution in [0, 0.1) is 12.7 Å². The third-order valence-electron chi connectivity index (χ3n) is 3.01. The Morgan fingerprint density at radius 1 is 1.10 bits per heavy atom. The second kappa shape index (κ2) is 6.17. The summed E-state index contributed by atoms with van der Waals surface area (Å²) in [5.41, 5.74) is 1.46. The van der Waals surface area contributed by atoms with Crippen molar-refractivity contribution in [1.82, 2.24) is 0 Å². The predicted octanol–water partition coefficient (Wildman–Crippen LogP) is 3.17. The van der Waals surface area contributed by atoms with Crippen molar-refractivity contribution in [3.05, 3.63) is 65.0 Å². The van der Waals surface area contributed by atoms with Crippen molar-refractivity contribution in [3.8, 4) is 0 Å². The largest absolute Gasteiger partial charge is 0.465 e. The zero-order valence-corrected chi connectivity index (χ0v) is 11.6. The first kappa shape index (κ1) is 14.7. The van der Waals surface area contributed by atoms with Gasteiger partial charge in [-0.25, -0.2) is 9.18 Å². The lowest BCUT2D eigenvalue weighted by atomic mass is 10.1. The van der Waals surface area contributed by atoms with Crippen LogP contribution in [0.5, 0.6) is 0 Å². The first-order valence-corrected chi connectivity index (χ1v) is 6.27. The Labute approximate surface area is 121 Å². The topological polar surface area (TPSA) is 55.4 Å². The van der Waals surface area contributed by atoms with E-state index in [1.807, 2.05) is 0 Å². The molecule has 5 heteroatoms. The fraction of sp³-hybridized carbons (Fsp3) is 0.125. The number of amides is 1. The number of carbonyl (C=O) groups excluding carboxylic acids is 2. The maximum atomic E-state index is 13.1. The molecule has 21 heavy (non-hydrogen) atoms. The first-order chi connectivity index (χ1) is 10.0. The number of aryl methyl sites for hydroxylation is 1. The van der Waals surface area contributed by atoms with Crippen molar-refractivity contribution in [2.45, 2.75) is 6.92 Å². The molecule has 0 heterocycles. The van der Waals surface area contributed by atoms with E-state index in [4.69, 9.17) is 0 Å². The molecule has 0 aliphatic rings. The summed E-state index contributed by atoms with van der Waals surface area (Å²) in [6.45, 7) is 1.64. The van der Waals surface area contributed by atoms with Gasteiger partial charge < -0.3 is 10.1 Å². The van der Waals surface area contributed by atoms with Crippen LogP contribution in [-0.2, 0) is 4.74 Å². The number of carbonyl (C=O) groups is 2. The highest BCUT2D eigenvalue weighted by Gasteiger charge is 2.15. The van der Waals surface area contributed by atoms with Gasteiger partial charge in [0.2, 0.25) is 0 Å². The number of ether oxygens (including phenoxy) is 1. The molecule has 2 rings (SSSR count). The van der Waals surface area contributed by atoms with E-state index >= 15 is 0 Å². The van der Waals surface area contributed by atoms with E-state index in [9.17, 15) is 14.0 Å². The Bertz CT molecular complexity index is 698. The number of benzene rings is 2. The van der Waals surface area contributed by atoms with E-state index in [0.29, 0.717) is 16.8 Å². The van der Waals surface area contributed by atoms with Crippen molar-refractivity contribution in [2.75, 3.05) is 12.4 Å². The summed E-state index contributed by atoms with van der Waals surface area (Å²) in [5.74, 6) is -1.36. The van der Waals surface area contributed by atoms with Gasteiger partial charge in [-0.15, -0.1) is 0 Å². The molecule has 1 N–H and O–H groups in total. The highest BCUT2D eigenvalue weighted by Crippen LogP contribution is 2.18. The van der Waals surface area contributed by atoms with Crippen LogP contribution < -0.4 is 5.32 Å². The van der Waals surface area contributed by atoms with Gasteiger partial charge >= 0.3 is 5.97 Å². The molecule has 0 atom stereocenters. The van der Waals surface area contributed by atoms with Crippen LogP contribution in [0.3, 0.4) is 0 Å². The van der Waals surface area contributed by atoms with Gasteiger partial charge in [-0.1, -0.05) is 12.1 Å². The number of rotatable bonds is 3. The van der Waals surface area contributed by atoms with E-state index in [-0.39, 0.29) is 5.56 Å². The van der Waals surface area contributed by atoms with Gasteiger partial charge in [-0.3, -0.25) is 4.79 Å². The standard InChI is InChI=1S/C16H14FNO3/c1-10-9-11(17)7-8-12(10)15(19)18-14-6-4-3-5-13(14)16(20)21-2/h3-9H,1-2H3,(H,18,19). The smallest absolute Gasteiger partial charge is 0.339 e. The van der Waals surface area contributed by atoms with Crippen LogP contribution in [0.15, 0.2) is 42.5 Å². The van der Waals surface area contributed by atoms with Gasteiger partial charge in [-0.05, 0) is 42.8 Å². The lowest BCUT2D eigenvalue weighted by Gasteiger charge is -2.11. The minimum Gasteiger partial charge on any atom is -0.465 e. The number of anilines is 1. The molecule has 108 valence electrons. The van der Waals surface area contributed by atoms with Crippen molar-refractivity contribution < 1.29 is 18.7 Å². The van der Waals surface area contributed by atoms with Gasteiger partial charge in [0.1, 0.15) is 5.82 Å². The van der Waals surface area contributed by atoms with Gasteiger partial charge in [0, 0.05) is 5.56 Å².